The van der Waals surface area contributed by atoms with Gasteiger partial charge in [-0.05, 0) is 38.5 Å². The standard InChI is InChI=1S/C10H19NO/c1-8(9-4-5-9)11-7-10-3-2-6-12-10/h8-11H,2-7H2,1H3/t8-,10+/m0/s1. The van der Waals surface area contributed by atoms with Crippen molar-refractivity contribution in [2.24, 2.45) is 5.92 Å². The van der Waals surface area contributed by atoms with Crippen LogP contribution in [0.3, 0.4) is 0 Å². The number of rotatable bonds is 4. The third kappa shape index (κ3) is 2.20. The summed E-state index contributed by atoms with van der Waals surface area (Å²) in [5.41, 5.74) is 0. The van der Waals surface area contributed by atoms with Crippen LogP contribution in [0.4, 0.5) is 0 Å². The molecule has 2 atom stereocenters. The van der Waals surface area contributed by atoms with Crippen LogP contribution in [0, 0.1) is 5.92 Å². The fraction of sp³-hybridized carbons (Fsp3) is 1.00. The molecule has 0 amide bonds. The lowest BCUT2D eigenvalue weighted by molar-refractivity contribution is 0.107. The first kappa shape index (κ1) is 8.52. The van der Waals surface area contributed by atoms with Gasteiger partial charge in [0, 0.05) is 19.2 Å². The van der Waals surface area contributed by atoms with Gasteiger partial charge in [0.1, 0.15) is 0 Å². The highest BCUT2D eigenvalue weighted by Crippen LogP contribution is 2.32. The minimum atomic E-state index is 0.506. The smallest absolute Gasteiger partial charge is 0.0700 e. The van der Waals surface area contributed by atoms with Crippen LogP contribution in [0.25, 0.3) is 0 Å². The zero-order chi connectivity index (χ0) is 8.39. The molecule has 0 aromatic heterocycles. The summed E-state index contributed by atoms with van der Waals surface area (Å²) in [6.45, 7) is 4.34. The van der Waals surface area contributed by atoms with E-state index in [4.69, 9.17) is 4.74 Å². The molecule has 1 saturated carbocycles. The average Bonchev–Trinajstić information content (AvgIpc) is 2.80. The van der Waals surface area contributed by atoms with Crippen molar-refractivity contribution in [3.05, 3.63) is 0 Å². The Kier molecular flexibility index (Phi) is 2.66. The molecule has 2 aliphatic rings. The van der Waals surface area contributed by atoms with E-state index >= 15 is 0 Å². The zero-order valence-electron chi connectivity index (χ0n) is 7.88. The Morgan fingerprint density at radius 3 is 2.83 bits per heavy atom. The molecule has 1 heterocycles. The van der Waals surface area contributed by atoms with E-state index in [1.54, 1.807) is 0 Å². The molecule has 70 valence electrons. The summed E-state index contributed by atoms with van der Waals surface area (Å²) in [6, 6.07) is 0.717. The average molecular weight is 169 g/mol. The Hall–Kier alpha value is -0.0800. The fourth-order valence-electron chi connectivity index (χ4n) is 1.89. The van der Waals surface area contributed by atoms with E-state index in [9.17, 15) is 0 Å². The molecule has 0 aromatic rings. The topological polar surface area (TPSA) is 21.3 Å². The molecule has 2 fully saturated rings. The molecule has 0 bridgehead atoms. The third-order valence-corrected chi connectivity index (χ3v) is 3.02. The van der Waals surface area contributed by atoms with E-state index in [0.717, 1.165) is 19.1 Å². The van der Waals surface area contributed by atoms with Crippen molar-refractivity contribution in [3.63, 3.8) is 0 Å². The summed E-state index contributed by atoms with van der Waals surface area (Å²) >= 11 is 0. The van der Waals surface area contributed by atoms with Gasteiger partial charge in [0.25, 0.3) is 0 Å². The molecule has 2 heteroatoms. The molecule has 0 aromatic carbocycles. The minimum absolute atomic E-state index is 0.506. The summed E-state index contributed by atoms with van der Waals surface area (Å²) in [4.78, 5) is 0. The zero-order valence-corrected chi connectivity index (χ0v) is 7.88. The number of nitrogens with one attached hydrogen (secondary N) is 1. The molecule has 0 radical (unpaired) electrons. The predicted octanol–water partition coefficient (Wildman–Crippen LogP) is 1.55. The van der Waals surface area contributed by atoms with E-state index in [2.05, 4.69) is 12.2 Å². The summed E-state index contributed by atoms with van der Waals surface area (Å²) in [6.07, 6.45) is 5.87. The van der Waals surface area contributed by atoms with Gasteiger partial charge in [-0.2, -0.15) is 0 Å². The van der Waals surface area contributed by atoms with Crippen LogP contribution < -0.4 is 5.32 Å². The number of hydrogen-bond donors (Lipinski definition) is 1. The predicted molar refractivity (Wildman–Crippen MR) is 49.2 cm³/mol. The minimum Gasteiger partial charge on any atom is -0.377 e. The second kappa shape index (κ2) is 3.75. The molecule has 12 heavy (non-hydrogen) atoms. The fourth-order valence-corrected chi connectivity index (χ4v) is 1.89. The molecule has 1 aliphatic carbocycles. The van der Waals surface area contributed by atoms with Crippen molar-refractivity contribution in [3.8, 4) is 0 Å². The molecule has 1 aliphatic heterocycles. The molecule has 0 unspecified atom stereocenters. The van der Waals surface area contributed by atoms with Crippen molar-refractivity contribution in [1.82, 2.24) is 5.32 Å². The summed E-state index contributed by atoms with van der Waals surface area (Å²) < 4.78 is 5.54. The Morgan fingerprint density at radius 1 is 1.42 bits per heavy atom. The van der Waals surface area contributed by atoms with Gasteiger partial charge in [0.2, 0.25) is 0 Å². The van der Waals surface area contributed by atoms with E-state index in [0.29, 0.717) is 12.1 Å². The highest BCUT2D eigenvalue weighted by molar-refractivity contribution is 4.84. The maximum Gasteiger partial charge on any atom is 0.0700 e. The maximum atomic E-state index is 5.54. The van der Waals surface area contributed by atoms with Crippen LogP contribution in [-0.2, 0) is 4.74 Å². The van der Waals surface area contributed by atoms with Crippen molar-refractivity contribution in [2.45, 2.75) is 44.8 Å². The largest absolute Gasteiger partial charge is 0.377 e. The normalized spacial score (nSPS) is 32.2. The van der Waals surface area contributed by atoms with E-state index < -0.39 is 0 Å². The quantitative estimate of drug-likeness (QED) is 0.689. The Labute approximate surface area is 74.7 Å². The van der Waals surface area contributed by atoms with Gasteiger partial charge in [0.05, 0.1) is 6.10 Å². The van der Waals surface area contributed by atoms with Gasteiger partial charge in [-0.1, -0.05) is 0 Å². The SMILES string of the molecule is C[C@H](NC[C@H]1CCCO1)C1CC1. The monoisotopic (exact) mass is 169 g/mol. The van der Waals surface area contributed by atoms with Gasteiger partial charge in [-0.3, -0.25) is 0 Å². The summed E-state index contributed by atoms with van der Waals surface area (Å²) in [5.74, 6) is 0.964. The molecule has 1 N–H and O–H groups in total. The van der Waals surface area contributed by atoms with Gasteiger partial charge < -0.3 is 10.1 Å². The summed E-state index contributed by atoms with van der Waals surface area (Å²) in [7, 11) is 0. The van der Waals surface area contributed by atoms with E-state index in [1.165, 1.54) is 25.7 Å². The Bertz CT molecular complexity index is 137. The molecular weight excluding hydrogens is 150 g/mol. The maximum absolute atomic E-state index is 5.54. The second-order valence-electron chi connectivity index (χ2n) is 4.17. The van der Waals surface area contributed by atoms with E-state index in [-0.39, 0.29) is 0 Å². The van der Waals surface area contributed by atoms with Crippen LogP contribution in [-0.4, -0.2) is 25.3 Å². The lowest BCUT2D eigenvalue weighted by Crippen LogP contribution is -2.34. The highest BCUT2D eigenvalue weighted by atomic mass is 16.5. The molecular formula is C10H19NO. The first-order chi connectivity index (χ1) is 5.86. The lowest BCUT2D eigenvalue weighted by atomic mass is 10.2. The van der Waals surface area contributed by atoms with Crippen molar-refractivity contribution < 1.29 is 4.74 Å². The van der Waals surface area contributed by atoms with Gasteiger partial charge in [-0.15, -0.1) is 0 Å². The first-order valence-electron chi connectivity index (χ1n) is 5.21. The molecule has 2 rings (SSSR count). The van der Waals surface area contributed by atoms with E-state index in [1.807, 2.05) is 0 Å². The van der Waals surface area contributed by atoms with Crippen LogP contribution >= 0.6 is 0 Å². The number of ether oxygens (including phenoxy) is 1. The van der Waals surface area contributed by atoms with Crippen molar-refractivity contribution in [1.29, 1.82) is 0 Å². The Morgan fingerprint density at radius 2 is 2.25 bits per heavy atom. The second-order valence-corrected chi connectivity index (χ2v) is 4.17. The lowest BCUT2D eigenvalue weighted by Gasteiger charge is -2.15. The van der Waals surface area contributed by atoms with Gasteiger partial charge in [-0.25, -0.2) is 0 Å². The van der Waals surface area contributed by atoms with Gasteiger partial charge >= 0.3 is 0 Å². The van der Waals surface area contributed by atoms with Crippen molar-refractivity contribution >= 4 is 0 Å². The van der Waals surface area contributed by atoms with Crippen molar-refractivity contribution in [2.75, 3.05) is 13.2 Å². The molecule has 1 saturated heterocycles. The third-order valence-electron chi connectivity index (χ3n) is 3.02. The first-order valence-corrected chi connectivity index (χ1v) is 5.21. The highest BCUT2D eigenvalue weighted by Gasteiger charge is 2.28. The number of hydrogen-bond acceptors (Lipinski definition) is 2. The van der Waals surface area contributed by atoms with Crippen LogP contribution in [0.15, 0.2) is 0 Å². The van der Waals surface area contributed by atoms with Gasteiger partial charge in [0.15, 0.2) is 0 Å². The van der Waals surface area contributed by atoms with Crippen LogP contribution in [0.2, 0.25) is 0 Å². The van der Waals surface area contributed by atoms with Crippen LogP contribution in [0.1, 0.15) is 32.6 Å². The molecule has 2 nitrogen and oxygen atoms in total. The van der Waals surface area contributed by atoms with Crippen LogP contribution in [0.5, 0.6) is 0 Å². The summed E-state index contributed by atoms with van der Waals surface area (Å²) in [5, 5.41) is 3.56. The Balaban J connectivity index is 1.60. The molecule has 0 spiro atoms.